The summed E-state index contributed by atoms with van der Waals surface area (Å²) in [5.41, 5.74) is 1.06. The Labute approximate surface area is 158 Å². The number of benzene rings is 1. The van der Waals surface area contributed by atoms with Crippen LogP contribution in [0.15, 0.2) is 36.4 Å². The topological polar surface area (TPSA) is 60.9 Å². The number of carbonyl (C=O) groups is 2. The van der Waals surface area contributed by atoms with Crippen LogP contribution in [0.25, 0.3) is 0 Å². The quantitative estimate of drug-likeness (QED) is 0.826. The first kappa shape index (κ1) is 17.4. The van der Waals surface area contributed by atoms with E-state index >= 15 is 0 Å². The Hall–Kier alpha value is -2.01. The lowest BCUT2D eigenvalue weighted by molar-refractivity contribution is -0.156. The van der Waals surface area contributed by atoms with Crippen molar-refractivity contribution in [2.24, 2.45) is 23.7 Å². The number of carbonyl (C=O) groups excluding carboxylic acids is 1. The fraction of sp³-hybridized carbons (Fsp3) is 0.500. The van der Waals surface area contributed by atoms with Gasteiger partial charge in [-0.2, -0.15) is 0 Å². The van der Waals surface area contributed by atoms with Gasteiger partial charge in [-0.05, 0) is 42.9 Å². The summed E-state index contributed by atoms with van der Waals surface area (Å²) >= 11 is 6.07. The van der Waals surface area contributed by atoms with E-state index < -0.39 is 17.8 Å². The van der Waals surface area contributed by atoms with Crippen molar-refractivity contribution in [1.82, 2.24) is 4.90 Å². The van der Waals surface area contributed by atoms with Gasteiger partial charge in [-0.25, -0.2) is 0 Å². The zero-order valence-electron chi connectivity index (χ0n) is 14.6. The highest BCUT2D eigenvalue weighted by Crippen LogP contribution is 2.45. The molecule has 5 rings (SSSR count). The first-order valence-corrected chi connectivity index (χ1v) is 9.63. The largest absolute Gasteiger partial charge is 0.481 e. The minimum absolute atomic E-state index is 0.000741. The molecule has 1 aromatic carbocycles. The third kappa shape index (κ3) is 3.09. The maximum Gasteiger partial charge on any atom is 0.307 e. The van der Waals surface area contributed by atoms with E-state index in [0.717, 1.165) is 31.6 Å². The van der Waals surface area contributed by atoms with Gasteiger partial charge in [0.1, 0.15) is 0 Å². The highest BCUT2D eigenvalue weighted by molar-refractivity contribution is 6.30. The summed E-state index contributed by atoms with van der Waals surface area (Å²) < 4.78 is 0. The van der Waals surface area contributed by atoms with E-state index in [-0.39, 0.29) is 17.7 Å². The average Bonchev–Trinajstić information content (AvgIpc) is 2.67. The van der Waals surface area contributed by atoms with Crippen LogP contribution >= 0.6 is 11.6 Å². The molecule has 4 atom stereocenters. The smallest absolute Gasteiger partial charge is 0.307 e. The predicted molar refractivity (Wildman–Crippen MR) is 100 cm³/mol. The molecule has 4 aliphatic rings. The van der Waals surface area contributed by atoms with Crippen molar-refractivity contribution in [3.63, 3.8) is 0 Å². The van der Waals surface area contributed by atoms with Crippen LogP contribution < -0.4 is 4.90 Å². The summed E-state index contributed by atoms with van der Waals surface area (Å²) in [5, 5.41) is 10.4. The lowest BCUT2D eigenvalue weighted by Gasteiger charge is -2.45. The number of nitrogens with zero attached hydrogens (tertiary/aromatic N) is 2. The molecule has 1 saturated carbocycles. The van der Waals surface area contributed by atoms with Crippen molar-refractivity contribution in [2.45, 2.75) is 12.8 Å². The number of hydrogen-bond donors (Lipinski definition) is 1. The van der Waals surface area contributed by atoms with E-state index in [4.69, 9.17) is 11.6 Å². The van der Waals surface area contributed by atoms with Crippen molar-refractivity contribution < 1.29 is 14.7 Å². The first-order chi connectivity index (χ1) is 12.5. The van der Waals surface area contributed by atoms with Gasteiger partial charge in [0.15, 0.2) is 0 Å². The Morgan fingerprint density at radius 2 is 1.65 bits per heavy atom. The van der Waals surface area contributed by atoms with E-state index in [1.165, 1.54) is 0 Å². The monoisotopic (exact) mass is 374 g/mol. The average molecular weight is 375 g/mol. The number of anilines is 1. The third-order valence-electron chi connectivity index (χ3n) is 6.08. The van der Waals surface area contributed by atoms with Gasteiger partial charge in [0.05, 0.1) is 11.8 Å². The maximum absolute atomic E-state index is 13.1. The zero-order valence-corrected chi connectivity index (χ0v) is 15.3. The summed E-state index contributed by atoms with van der Waals surface area (Å²) in [6.07, 6.45) is 5.88. The molecule has 3 aliphatic carbocycles. The van der Waals surface area contributed by atoms with Crippen LogP contribution in [-0.4, -0.2) is 48.1 Å². The van der Waals surface area contributed by atoms with Gasteiger partial charge in [0.2, 0.25) is 5.91 Å². The van der Waals surface area contributed by atoms with Crippen LogP contribution in [0.5, 0.6) is 0 Å². The second kappa shape index (κ2) is 6.95. The predicted octanol–water partition coefficient (Wildman–Crippen LogP) is 2.90. The molecule has 2 fully saturated rings. The summed E-state index contributed by atoms with van der Waals surface area (Å²) in [7, 11) is 0. The van der Waals surface area contributed by atoms with Crippen molar-refractivity contribution in [1.29, 1.82) is 0 Å². The molecule has 0 spiro atoms. The van der Waals surface area contributed by atoms with Crippen molar-refractivity contribution >= 4 is 29.2 Å². The molecule has 0 radical (unpaired) electrons. The van der Waals surface area contributed by atoms with Gasteiger partial charge in [0, 0.05) is 36.9 Å². The Morgan fingerprint density at radius 1 is 1.00 bits per heavy atom. The van der Waals surface area contributed by atoms with E-state index in [1.54, 1.807) is 0 Å². The minimum atomic E-state index is -0.833. The molecule has 1 amide bonds. The second-order valence-corrected chi connectivity index (χ2v) is 7.91. The molecular weight excluding hydrogens is 352 g/mol. The number of piperazine rings is 1. The van der Waals surface area contributed by atoms with Crippen LogP contribution in [0.2, 0.25) is 5.02 Å². The molecule has 1 aromatic rings. The van der Waals surface area contributed by atoms with Gasteiger partial charge in [-0.3, -0.25) is 9.59 Å². The fourth-order valence-corrected chi connectivity index (χ4v) is 4.92. The first-order valence-electron chi connectivity index (χ1n) is 9.25. The van der Waals surface area contributed by atoms with Crippen molar-refractivity contribution in [3.8, 4) is 0 Å². The molecule has 1 aliphatic heterocycles. The highest BCUT2D eigenvalue weighted by Gasteiger charge is 2.49. The molecule has 6 heteroatoms. The summed E-state index contributed by atoms with van der Waals surface area (Å²) in [6.45, 7) is 2.71. The summed E-state index contributed by atoms with van der Waals surface area (Å²) in [4.78, 5) is 29.0. The number of allylic oxidation sites excluding steroid dienone is 2. The van der Waals surface area contributed by atoms with Crippen LogP contribution in [0.4, 0.5) is 5.69 Å². The van der Waals surface area contributed by atoms with Gasteiger partial charge in [-0.1, -0.05) is 29.8 Å². The molecule has 0 unspecified atom stereocenters. The number of amides is 1. The van der Waals surface area contributed by atoms with Crippen molar-refractivity contribution in [2.75, 3.05) is 31.1 Å². The number of aliphatic carboxylic acids is 1. The molecule has 1 saturated heterocycles. The van der Waals surface area contributed by atoms with Gasteiger partial charge in [-0.15, -0.1) is 0 Å². The molecule has 1 N–H and O–H groups in total. The number of carboxylic acids is 1. The molecule has 138 valence electrons. The lowest BCUT2D eigenvalue weighted by Crippen LogP contribution is -2.55. The van der Waals surface area contributed by atoms with Crippen LogP contribution in [0, 0.1) is 23.7 Å². The van der Waals surface area contributed by atoms with E-state index in [0.29, 0.717) is 18.1 Å². The lowest BCUT2D eigenvalue weighted by atomic mass is 9.62. The zero-order chi connectivity index (χ0) is 18.3. The van der Waals surface area contributed by atoms with E-state index in [9.17, 15) is 14.7 Å². The summed E-state index contributed by atoms with van der Waals surface area (Å²) in [5.74, 6) is -1.73. The fourth-order valence-electron chi connectivity index (χ4n) is 4.74. The van der Waals surface area contributed by atoms with Gasteiger partial charge < -0.3 is 14.9 Å². The number of hydrogen-bond acceptors (Lipinski definition) is 3. The molecule has 26 heavy (non-hydrogen) atoms. The molecular formula is C20H23ClN2O3. The van der Waals surface area contributed by atoms with E-state index in [1.807, 2.05) is 35.2 Å². The van der Waals surface area contributed by atoms with Crippen LogP contribution in [-0.2, 0) is 9.59 Å². The Kier molecular flexibility index (Phi) is 4.65. The molecule has 0 aromatic heterocycles. The molecule has 2 bridgehead atoms. The Bertz CT molecular complexity index is 742. The van der Waals surface area contributed by atoms with Gasteiger partial charge in [0.25, 0.3) is 0 Å². The van der Waals surface area contributed by atoms with Gasteiger partial charge >= 0.3 is 5.97 Å². The van der Waals surface area contributed by atoms with E-state index in [2.05, 4.69) is 11.0 Å². The highest BCUT2D eigenvalue weighted by atomic mass is 35.5. The maximum atomic E-state index is 13.1. The number of carboxylic acid groups (broad SMARTS) is 1. The van der Waals surface area contributed by atoms with Crippen LogP contribution in [0.3, 0.4) is 0 Å². The second-order valence-electron chi connectivity index (χ2n) is 7.47. The molecule has 1 heterocycles. The summed E-state index contributed by atoms with van der Waals surface area (Å²) in [6, 6.07) is 7.74. The Morgan fingerprint density at radius 3 is 2.23 bits per heavy atom. The minimum Gasteiger partial charge on any atom is -0.481 e. The number of halogens is 1. The third-order valence-corrected chi connectivity index (χ3v) is 6.32. The van der Waals surface area contributed by atoms with Crippen LogP contribution in [0.1, 0.15) is 12.8 Å². The Balaban J connectivity index is 1.45. The molecule has 5 nitrogen and oxygen atoms in total. The SMILES string of the molecule is O=C(O)[C@H]1[C@@H](C(=O)N2CCN(c3cccc(Cl)c3)CC2)[C@H]2C=C[C@@H]1CC2. The standard InChI is InChI=1S/C20H23ClN2O3/c21-15-2-1-3-16(12-15)22-8-10-23(11-9-22)19(24)17-13-4-6-14(7-5-13)18(17)20(25)26/h1-4,6,12-14,17-18H,5,7-11H2,(H,25,26)/t13-,14+,17-,18+/m0/s1. The van der Waals surface area contributed by atoms with Crippen molar-refractivity contribution in [3.05, 3.63) is 41.4 Å². The number of fused-ring (bicyclic) bond motifs is 2. The number of rotatable bonds is 3. The normalized spacial score (nSPS) is 30.5.